The van der Waals surface area contributed by atoms with Crippen molar-refractivity contribution in [2.24, 2.45) is 5.92 Å². The average Bonchev–Trinajstić information content (AvgIpc) is 3.24. The van der Waals surface area contributed by atoms with E-state index < -0.39 is 0 Å². The van der Waals surface area contributed by atoms with E-state index in [1.54, 1.807) is 0 Å². The predicted molar refractivity (Wildman–Crippen MR) is 143 cm³/mol. The fraction of sp³-hybridized carbons (Fsp3) is 0.556. The van der Waals surface area contributed by atoms with Gasteiger partial charge in [-0.05, 0) is 52.8 Å². The molecule has 0 atom stereocenters. The lowest BCUT2D eigenvalue weighted by Gasteiger charge is -2.33. The molecule has 9 heteroatoms. The molecule has 0 radical (unpaired) electrons. The lowest BCUT2D eigenvalue weighted by Crippen LogP contribution is -2.48. The van der Waals surface area contributed by atoms with Crippen molar-refractivity contribution in [3.63, 3.8) is 0 Å². The zero-order valence-electron chi connectivity index (χ0n) is 22.0. The minimum absolute atomic E-state index is 0.0505. The maximum atomic E-state index is 12.8. The third kappa shape index (κ3) is 5.08. The molecule has 0 aliphatic carbocycles. The van der Waals surface area contributed by atoms with E-state index in [2.05, 4.69) is 75.4 Å². The van der Waals surface area contributed by atoms with Crippen LogP contribution < -0.4 is 10.2 Å². The number of likely N-dealkylation sites (N-methyl/N-ethyl adjacent to an activating group) is 1. The Hall–Kier alpha value is -3.04. The van der Waals surface area contributed by atoms with E-state index >= 15 is 0 Å². The summed E-state index contributed by atoms with van der Waals surface area (Å²) in [5.74, 6) is 1.05. The highest BCUT2D eigenvalue weighted by Crippen LogP contribution is 2.31. The van der Waals surface area contributed by atoms with Crippen molar-refractivity contribution in [1.29, 1.82) is 0 Å². The van der Waals surface area contributed by atoms with E-state index in [0.29, 0.717) is 0 Å². The van der Waals surface area contributed by atoms with Gasteiger partial charge in [-0.25, -0.2) is 4.68 Å². The lowest BCUT2D eigenvalue weighted by molar-refractivity contribution is -0.125. The average molecular weight is 491 g/mol. The summed E-state index contributed by atoms with van der Waals surface area (Å²) in [5, 5.41) is 18.3. The van der Waals surface area contributed by atoms with Crippen molar-refractivity contribution in [2.75, 3.05) is 64.3 Å². The summed E-state index contributed by atoms with van der Waals surface area (Å²) < 4.78 is 1.99. The number of amides is 1. The molecule has 2 fully saturated rings. The second-order valence-electron chi connectivity index (χ2n) is 10.4. The standard InChI is InChI=1S/C27H38N8O/c1-19-5-7-23(8-6-19)35-21(3)24-20(2)29-30-26(25(24)31-35)34-12-9-22(10-13-34)27(36)28-11-14-33-17-15-32(4)16-18-33/h5-8,22H,9-18H2,1-4H3,(H,28,36). The molecule has 1 aromatic carbocycles. The number of carbonyl (C=O) groups excluding carboxylic acids is 1. The first-order chi connectivity index (χ1) is 17.4. The SMILES string of the molecule is Cc1ccc(-n2nc3c(N4CCC(C(=O)NCCN5CCN(C)CC5)CC4)nnc(C)c3c2C)cc1. The van der Waals surface area contributed by atoms with E-state index in [1.807, 2.05) is 11.6 Å². The molecule has 4 heterocycles. The van der Waals surface area contributed by atoms with Crippen molar-refractivity contribution in [1.82, 2.24) is 35.1 Å². The molecular weight excluding hydrogens is 452 g/mol. The number of rotatable bonds is 6. The zero-order chi connectivity index (χ0) is 25.2. The number of piperidine rings is 1. The van der Waals surface area contributed by atoms with E-state index in [1.165, 1.54) is 5.56 Å². The van der Waals surface area contributed by atoms with Gasteiger partial charge in [0.25, 0.3) is 0 Å². The Morgan fingerprint density at radius 2 is 1.67 bits per heavy atom. The molecule has 0 bridgehead atoms. The Morgan fingerprint density at radius 1 is 0.972 bits per heavy atom. The van der Waals surface area contributed by atoms with Crippen LogP contribution in [0.5, 0.6) is 0 Å². The Kier molecular flexibility index (Phi) is 7.20. The van der Waals surface area contributed by atoms with Crippen LogP contribution in [0.2, 0.25) is 0 Å². The lowest BCUT2D eigenvalue weighted by atomic mass is 9.96. The molecule has 9 nitrogen and oxygen atoms in total. The van der Waals surface area contributed by atoms with Gasteiger partial charge in [0.05, 0.1) is 22.5 Å². The summed E-state index contributed by atoms with van der Waals surface area (Å²) in [7, 11) is 2.16. The van der Waals surface area contributed by atoms with E-state index in [0.717, 1.165) is 99.0 Å². The monoisotopic (exact) mass is 490 g/mol. The molecule has 5 rings (SSSR count). The third-order valence-electron chi connectivity index (χ3n) is 7.75. The highest BCUT2D eigenvalue weighted by atomic mass is 16.1. The van der Waals surface area contributed by atoms with Gasteiger partial charge in [-0.3, -0.25) is 9.69 Å². The number of nitrogens with zero attached hydrogens (tertiary/aromatic N) is 7. The van der Waals surface area contributed by atoms with Crippen LogP contribution in [0, 0.1) is 26.7 Å². The number of aryl methyl sites for hydroxylation is 3. The summed E-state index contributed by atoms with van der Waals surface area (Å²) in [6.07, 6.45) is 1.63. The molecule has 2 saturated heterocycles. The van der Waals surface area contributed by atoms with Gasteiger partial charge in [0.2, 0.25) is 5.91 Å². The molecule has 2 aromatic heterocycles. The van der Waals surface area contributed by atoms with Crippen LogP contribution in [0.15, 0.2) is 24.3 Å². The number of piperazine rings is 1. The van der Waals surface area contributed by atoms with Gasteiger partial charge in [-0.1, -0.05) is 17.7 Å². The summed E-state index contributed by atoms with van der Waals surface area (Å²) in [4.78, 5) is 19.8. The van der Waals surface area contributed by atoms with Crippen molar-refractivity contribution < 1.29 is 4.79 Å². The maximum Gasteiger partial charge on any atom is 0.223 e. The highest BCUT2D eigenvalue weighted by Gasteiger charge is 2.28. The quantitative estimate of drug-likeness (QED) is 0.568. The zero-order valence-corrected chi connectivity index (χ0v) is 22.0. The highest BCUT2D eigenvalue weighted by molar-refractivity contribution is 5.92. The third-order valence-corrected chi connectivity index (χ3v) is 7.75. The first-order valence-electron chi connectivity index (χ1n) is 13.1. The van der Waals surface area contributed by atoms with E-state index in [-0.39, 0.29) is 11.8 Å². The second-order valence-corrected chi connectivity index (χ2v) is 10.4. The fourth-order valence-electron chi connectivity index (χ4n) is 5.37. The Labute approximate surface area is 213 Å². The minimum atomic E-state index is 0.0505. The minimum Gasteiger partial charge on any atom is -0.355 e. The molecule has 2 aliphatic heterocycles. The van der Waals surface area contributed by atoms with Gasteiger partial charge in [0.15, 0.2) is 5.82 Å². The number of carbonyl (C=O) groups is 1. The predicted octanol–water partition coefficient (Wildman–Crippen LogP) is 2.32. The molecule has 3 aromatic rings. The first-order valence-corrected chi connectivity index (χ1v) is 13.1. The van der Waals surface area contributed by atoms with Gasteiger partial charge in [-0.2, -0.15) is 10.2 Å². The van der Waals surface area contributed by atoms with Gasteiger partial charge in [0.1, 0.15) is 5.52 Å². The summed E-state index contributed by atoms with van der Waals surface area (Å²) >= 11 is 0. The molecule has 36 heavy (non-hydrogen) atoms. The van der Waals surface area contributed by atoms with Crippen LogP contribution in [0.4, 0.5) is 5.82 Å². The van der Waals surface area contributed by atoms with Crippen molar-refractivity contribution >= 4 is 22.6 Å². The van der Waals surface area contributed by atoms with Crippen LogP contribution in [-0.4, -0.2) is 95.1 Å². The summed E-state index contributed by atoms with van der Waals surface area (Å²) in [5.41, 5.74) is 5.10. The van der Waals surface area contributed by atoms with E-state index in [4.69, 9.17) is 5.10 Å². The van der Waals surface area contributed by atoms with Gasteiger partial charge >= 0.3 is 0 Å². The first kappa shape index (κ1) is 24.6. The van der Waals surface area contributed by atoms with Crippen LogP contribution in [0.3, 0.4) is 0 Å². The molecule has 1 amide bonds. The van der Waals surface area contributed by atoms with Gasteiger partial charge in [0, 0.05) is 58.3 Å². The van der Waals surface area contributed by atoms with Crippen molar-refractivity contribution in [3.8, 4) is 5.69 Å². The van der Waals surface area contributed by atoms with Crippen LogP contribution in [0.25, 0.3) is 16.6 Å². The molecular formula is C27H38N8O. The van der Waals surface area contributed by atoms with Gasteiger partial charge < -0.3 is 15.1 Å². The number of fused-ring (bicyclic) bond motifs is 1. The number of hydrogen-bond donors (Lipinski definition) is 1. The van der Waals surface area contributed by atoms with E-state index in [9.17, 15) is 4.79 Å². The van der Waals surface area contributed by atoms with Gasteiger partial charge in [-0.15, -0.1) is 5.10 Å². The molecule has 2 aliphatic rings. The number of anilines is 1. The Bertz CT molecular complexity index is 1200. The number of aromatic nitrogens is 4. The molecule has 192 valence electrons. The second kappa shape index (κ2) is 10.5. The van der Waals surface area contributed by atoms with Crippen molar-refractivity contribution in [3.05, 3.63) is 41.2 Å². The topological polar surface area (TPSA) is 82.4 Å². The number of benzene rings is 1. The molecule has 1 N–H and O–H groups in total. The van der Waals surface area contributed by atoms with Crippen LogP contribution in [-0.2, 0) is 4.79 Å². The van der Waals surface area contributed by atoms with Crippen LogP contribution in [0.1, 0.15) is 29.8 Å². The maximum absolute atomic E-state index is 12.8. The fourth-order valence-corrected chi connectivity index (χ4v) is 5.37. The smallest absolute Gasteiger partial charge is 0.223 e. The molecule has 0 saturated carbocycles. The Balaban J connectivity index is 1.23. The summed E-state index contributed by atoms with van der Waals surface area (Å²) in [6, 6.07) is 8.40. The summed E-state index contributed by atoms with van der Waals surface area (Å²) in [6.45, 7) is 13.7. The Morgan fingerprint density at radius 3 is 2.36 bits per heavy atom. The largest absolute Gasteiger partial charge is 0.355 e. The molecule has 0 unspecified atom stereocenters. The molecule has 0 spiro atoms. The normalized spacial score (nSPS) is 18.2. The number of hydrogen-bond acceptors (Lipinski definition) is 7. The number of nitrogens with one attached hydrogen (secondary N) is 1. The van der Waals surface area contributed by atoms with Crippen LogP contribution >= 0.6 is 0 Å². The van der Waals surface area contributed by atoms with Crippen molar-refractivity contribution in [2.45, 2.75) is 33.6 Å².